The van der Waals surface area contributed by atoms with Crippen LogP contribution in [0.1, 0.15) is 29.4 Å². The third kappa shape index (κ3) is 3.88. The number of fused-ring (bicyclic) bond motifs is 2. The van der Waals surface area contributed by atoms with Crippen LogP contribution >= 0.6 is 0 Å². The number of rotatable bonds is 4. The van der Waals surface area contributed by atoms with Gasteiger partial charge in [0.05, 0.1) is 17.8 Å². The summed E-state index contributed by atoms with van der Waals surface area (Å²) in [5, 5.41) is 2.93. The summed E-state index contributed by atoms with van der Waals surface area (Å²) in [6.45, 7) is 6.45. The summed E-state index contributed by atoms with van der Waals surface area (Å²) in [6.07, 6.45) is 2.97. The maximum absolute atomic E-state index is 12.0. The molecule has 0 radical (unpaired) electrons. The first-order valence-corrected chi connectivity index (χ1v) is 12.3. The Bertz CT molecular complexity index is 1490. The van der Waals surface area contributed by atoms with E-state index in [0.717, 1.165) is 45.4 Å². The molecule has 36 heavy (non-hydrogen) atoms. The van der Waals surface area contributed by atoms with Gasteiger partial charge in [0.2, 0.25) is 11.8 Å². The van der Waals surface area contributed by atoms with E-state index in [1.807, 2.05) is 42.3 Å². The molecule has 0 saturated carbocycles. The zero-order chi connectivity index (χ0) is 24.8. The van der Waals surface area contributed by atoms with Crippen molar-refractivity contribution in [2.45, 2.75) is 26.7 Å². The third-order valence-corrected chi connectivity index (χ3v) is 7.12. The molecule has 2 aromatic carbocycles. The first-order chi connectivity index (χ1) is 17.5. The van der Waals surface area contributed by atoms with Gasteiger partial charge in [-0.15, -0.1) is 0 Å². The molecule has 1 saturated heterocycles. The number of anilines is 2. The van der Waals surface area contributed by atoms with Crippen molar-refractivity contribution in [3.8, 4) is 11.3 Å². The first kappa shape index (κ1) is 22.3. The lowest BCUT2D eigenvalue weighted by Gasteiger charge is -2.35. The van der Waals surface area contributed by atoms with E-state index in [4.69, 9.17) is 9.97 Å². The number of carbonyl (C=O) groups excluding carboxylic acids is 2. The Hall–Kier alpha value is -4.20. The van der Waals surface area contributed by atoms with E-state index in [1.165, 1.54) is 5.56 Å². The van der Waals surface area contributed by atoms with Crippen molar-refractivity contribution in [2.24, 2.45) is 0 Å². The number of piperazine rings is 1. The largest absolute Gasteiger partial charge is 0.350 e. The van der Waals surface area contributed by atoms with Crippen LogP contribution in [0.15, 0.2) is 54.7 Å². The molecule has 6 rings (SSSR count). The SMILES string of the molecule is CC(=O)N1CCN(c2ncc(C)n3c(-c4ccc5c(c4)CC(=O)N5)c(Cc4ccccc4)nc23)CC1. The van der Waals surface area contributed by atoms with Crippen molar-refractivity contribution in [1.29, 1.82) is 0 Å². The third-order valence-electron chi connectivity index (χ3n) is 7.12. The van der Waals surface area contributed by atoms with Gasteiger partial charge in [-0.3, -0.25) is 14.0 Å². The minimum Gasteiger partial charge on any atom is -0.350 e. The van der Waals surface area contributed by atoms with Crippen LogP contribution in [0.25, 0.3) is 16.9 Å². The van der Waals surface area contributed by atoms with Crippen molar-refractivity contribution in [2.75, 3.05) is 36.4 Å². The zero-order valence-electron chi connectivity index (χ0n) is 20.5. The minimum atomic E-state index is 0.0252. The molecule has 2 aliphatic heterocycles. The van der Waals surface area contributed by atoms with E-state index in [1.54, 1.807) is 6.92 Å². The second kappa shape index (κ2) is 8.78. The van der Waals surface area contributed by atoms with Gasteiger partial charge in [0, 0.05) is 62.7 Å². The average molecular weight is 481 g/mol. The van der Waals surface area contributed by atoms with Crippen LogP contribution in [0.2, 0.25) is 0 Å². The Morgan fingerprint density at radius 1 is 1.06 bits per heavy atom. The van der Waals surface area contributed by atoms with Gasteiger partial charge < -0.3 is 15.1 Å². The normalized spacial score (nSPS) is 15.3. The summed E-state index contributed by atoms with van der Waals surface area (Å²) in [5.41, 5.74) is 7.91. The zero-order valence-corrected chi connectivity index (χ0v) is 20.5. The molecule has 0 spiro atoms. The molecule has 8 heteroatoms. The number of nitrogens with one attached hydrogen (secondary N) is 1. The summed E-state index contributed by atoms with van der Waals surface area (Å²) in [6, 6.07) is 16.5. The molecule has 2 aliphatic rings. The highest BCUT2D eigenvalue weighted by Crippen LogP contribution is 2.35. The number of amides is 2. The van der Waals surface area contributed by atoms with E-state index < -0.39 is 0 Å². The lowest BCUT2D eigenvalue weighted by atomic mass is 10.0. The number of aryl methyl sites for hydroxylation is 1. The van der Waals surface area contributed by atoms with Crippen molar-refractivity contribution >= 4 is 29.0 Å². The van der Waals surface area contributed by atoms with Gasteiger partial charge in [-0.2, -0.15) is 0 Å². The molecule has 0 unspecified atom stereocenters. The molecule has 1 N–H and O–H groups in total. The van der Waals surface area contributed by atoms with Gasteiger partial charge >= 0.3 is 0 Å². The minimum absolute atomic E-state index is 0.0252. The van der Waals surface area contributed by atoms with E-state index in [-0.39, 0.29) is 11.8 Å². The van der Waals surface area contributed by atoms with Crippen molar-refractivity contribution in [3.63, 3.8) is 0 Å². The van der Waals surface area contributed by atoms with Gasteiger partial charge in [0.25, 0.3) is 0 Å². The van der Waals surface area contributed by atoms with E-state index >= 15 is 0 Å². The molecule has 0 atom stereocenters. The van der Waals surface area contributed by atoms with E-state index in [9.17, 15) is 9.59 Å². The summed E-state index contributed by atoms with van der Waals surface area (Å²) in [5.74, 6) is 0.967. The fraction of sp³-hybridized carbons (Fsp3) is 0.286. The van der Waals surface area contributed by atoms with Crippen molar-refractivity contribution < 1.29 is 9.59 Å². The van der Waals surface area contributed by atoms with Crippen LogP contribution < -0.4 is 10.2 Å². The maximum atomic E-state index is 12.0. The van der Waals surface area contributed by atoms with Crippen LogP contribution in [-0.2, 0) is 22.4 Å². The first-order valence-electron chi connectivity index (χ1n) is 12.3. The molecular weight excluding hydrogens is 452 g/mol. The van der Waals surface area contributed by atoms with Gasteiger partial charge in [-0.25, -0.2) is 9.97 Å². The Labute approximate surface area is 209 Å². The lowest BCUT2D eigenvalue weighted by Crippen LogP contribution is -2.48. The summed E-state index contributed by atoms with van der Waals surface area (Å²) in [4.78, 5) is 37.9. The molecule has 4 aromatic rings. The fourth-order valence-electron chi connectivity index (χ4n) is 5.27. The van der Waals surface area contributed by atoms with Gasteiger partial charge in [0.15, 0.2) is 11.5 Å². The van der Waals surface area contributed by atoms with Gasteiger partial charge in [-0.1, -0.05) is 36.4 Å². The Balaban J connectivity index is 1.50. The molecular formula is C28H28N6O2. The summed E-state index contributed by atoms with van der Waals surface area (Å²) in [7, 11) is 0. The van der Waals surface area contributed by atoms with Crippen LogP contribution in [0.4, 0.5) is 11.5 Å². The van der Waals surface area contributed by atoms with E-state index in [0.29, 0.717) is 39.0 Å². The molecule has 8 nitrogen and oxygen atoms in total. The average Bonchev–Trinajstić information content (AvgIpc) is 3.44. The molecule has 182 valence electrons. The number of aromatic nitrogens is 3. The monoisotopic (exact) mass is 480 g/mol. The second-order valence-corrected chi connectivity index (χ2v) is 9.54. The molecule has 4 heterocycles. The van der Waals surface area contributed by atoms with Crippen LogP contribution in [-0.4, -0.2) is 57.3 Å². The number of hydrogen-bond donors (Lipinski definition) is 1. The smallest absolute Gasteiger partial charge is 0.228 e. The predicted octanol–water partition coefficient (Wildman–Crippen LogP) is 3.46. The fourth-order valence-corrected chi connectivity index (χ4v) is 5.27. The standard InChI is InChI=1S/C28H28N6O2/c1-18-17-29-27(33-12-10-32(11-13-33)19(2)35)28-31-24(14-20-6-4-3-5-7-20)26(34(18)28)21-8-9-23-22(15-21)16-25(36)30-23/h3-9,15,17H,10-14,16H2,1-2H3,(H,30,36). The highest BCUT2D eigenvalue weighted by atomic mass is 16.2. The van der Waals surface area contributed by atoms with Crippen molar-refractivity contribution in [1.82, 2.24) is 19.3 Å². The number of nitrogens with zero attached hydrogens (tertiary/aromatic N) is 5. The number of benzene rings is 2. The van der Waals surface area contributed by atoms with Crippen molar-refractivity contribution in [3.05, 3.63) is 77.2 Å². The number of carbonyl (C=O) groups is 2. The molecule has 0 aliphatic carbocycles. The Kier molecular flexibility index (Phi) is 5.44. The van der Waals surface area contributed by atoms with Crippen LogP contribution in [0.5, 0.6) is 0 Å². The van der Waals surface area contributed by atoms with E-state index in [2.05, 4.69) is 38.9 Å². The topological polar surface area (TPSA) is 82.8 Å². The quantitative estimate of drug-likeness (QED) is 0.484. The summed E-state index contributed by atoms with van der Waals surface area (Å²) >= 11 is 0. The number of hydrogen-bond acceptors (Lipinski definition) is 5. The van der Waals surface area contributed by atoms with Crippen LogP contribution in [0.3, 0.4) is 0 Å². The number of imidazole rings is 1. The molecule has 0 bridgehead atoms. The van der Waals surface area contributed by atoms with Crippen LogP contribution in [0, 0.1) is 6.92 Å². The highest BCUT2D eigenvalue weighted by Gasteiger charge is 2.26. The molecule has 1 fully saturated rings. The summed E-state index contributed by atoms with van der Waals surface area (Å²) < 4.78 is 2.20. The van der Waals surface area contributed by atoms with Gasteiger partial charge in [-0.05, 0) is 30.2 Å². The van der Waals surface area contributed by atoms with Gasteiger partial charge in [0.1, 0.15) is 0 Å². The molecule has 2 aromatic heterocycles. The predicted molar refractivity (Wildman–Crippen MR) is 139 cm³/mol. The molecule has 2 amide bonds. The Morgan fingerprint density at radius 2 is 1.83 bits per heavy atom. The highest BCUT2D eigenvalue weighted by molar-refractivity contribution is 5.99. The maximum Gasteiger partial charge on any atom is 0.228 e. The Morgan fingerprint density at radius 3 is 2.58 bits per heavy atom. The lowest BCUT2D eigenvalue weighted by molar-refractivity contribution is -0.129. The second-order valence-electron chi connectivity index (χ2n) is 9.54.